The summed E-state index contributed by atoms with van der Waals surface area (Å²) in [5.74, 6) is 0.802. The van der Waals surface area contributed by atoms with Crippen molar-refractivity contribution in [2.45, 2.75) is 19.4 Å². The van der Waals surface area contributed by atoms with Gasteiger partial charge in [0, 0.05) is 43.0 Å². The Hall–Kier alpha value is -3.75. The van der Waals surface area contributed by atoms with Gasteiger partial charge in [0.25, 0.3) is 0 Å². The first-order valence-electron chi connectivity index (χ1n) is 9.37. The predicted octanol–water partition coefficient (Wildman–Crippen LogP) is 2.59. The van der Waals surface area contributed by atoms with Gasteiger partial charge in [-0.15, -0.1) is 0 Å². The number of nitrogens with zero attached hydrogens (tertiary/aromatic N) is 1. The van der Waals surface area contributed by atoms with Gasteiger partial charge < -0.3 is 30.3 Å². The van der Waals surface area contributed by atoms with Crippen LogP contribution in [0.4, 0.5) is 21.9 Å². The van der Waals surface area contributed by atoms with Gasteiger partial charge in [-0.3, -0.25) is 9.59 Å². The summed E-state index contributed by atoms with van der Waals surface area (Å²) >= 11 is 0. The van der Waals surface area contributed by atoms with Crippen molar-refractivity contribution in [3.63, 3.8) is 0 Å². The van der Waals surface area contributed by atoms with E-state index in [1.54, 1.807) is 54.5 Å². The molecule has 3 rings (SSSR count). The molecule has 0 spiro atoms. The maximum absolute atomic E-state index is 12.5. The Balaban J connectivity index is 1.62. The number of rotatable bonds is 6. The molecule has 3 N–H and O–H groups in total. The van der Waals surface area contributed by atoms with Crippen LogP contribution in [0.2, 0.25) is 0 Å². The number of carbonyl (C=O) groups excluding carboxylic acids is 3. The summed E-state index contributed by atoms with van der Waals surface area (Å²) in [6.45, 7) is 1.75. The third-order valence-electron chi connectivity index (χ3n) is 4.58. The molecule has 0 unspecified atom stereocenters. The molecule has 0 bridgehead atoms. The standard InChI is InChI=1S/C21H24N4O5/c1-13(26)22-14-5-4-6-15(9-14)23-21(28)24-16-10-20(27)25(12-16)17-7-8-18(29-2)19(11-17)30-3/h4-9,11,16H,10,12H2,1-3H3,(H,22,26)(H2,23,24,28)/t16-/m1/s1. The van der Waals surface area contributed by atoms with Crippen molar-refractivity contribution < 1.29 is 23.9 Å². The molecule has 0 aromatic heterocycles. The van der Waals surface area contributed by atoms with Crippen LogP contribution in [0.25, 0.3) is 0 Å². The molecular weight excluding hydrogens is 388 g/mol. The molecular formula is C21H24N4O5. The molecule has 9 heteroatoms. The van der Waals surface area contributed by atoms with Gasteiger partial charge in [-0.1, -0.05) is 6.07 Å². The van der Waals surface area contributed by atoms with Crippen molar-refractivity contribution in [2.24, 2.45) is 0 Å². The van der Waals surface area contributed by atoms with Crippen molar-refractivity contribution in [2.75, 3.05) is 36.3 Å². The number of hydrogen-bond acceptors (Lipinski definition) is 5. The number of carbonyl (C=O) groups is 3. The quantitative estimate of drug-likeness (QED) is 0.676. The molecule has 4 amide bonds. The lowest BCUT2D eigenvalue weighted by Gasteiger charge is -2.19. The van der Waals surface area contributed by atoms with Gasteiger partial charge in [0.05, 0.1) is 20.3 Å². The summed E-state index contributed by atoms with van der Waals surface area (Å²) in [5.41, 5.74) is 1.78. The van der Waals surface area contributed by atoms with Crippen LogP contribution in [0.15, 0.2) is 42.5 Å². The third-order valence-corrected chi connectivity index (χ3v) is 4.58. The van der Waals surface area contributed by atoms with E-state index in [1.165, 1.54) is 14.0 Å². The molecule has 158 valence electrons. The molecule has 2 aromatic carbocycles. The highest BCUT2D eigenvalue weighted by atomic mass is 16.5. The predicted molar refractivity (Wildman–Crippen MR) is 113 cm³/mol. The highest BCUT2D eigenvalue weighted by Gasteiger charge is 2.32. The maximum Gasteiger partial charge on any atom is 0.319 e. The molecule has 0 saturated carbocycles. The largest absolute Gasteiger partial charge is 0.493 e. The van der Waals surface area contributed by atoms with Crippen LogP contribution in [-0.4, -0.2) is 44.7 Å². The van der Waals surface area contributed by atoms with Gasteiger partial charge in [0.1, 0.15) is 0 Å². The molecule has 0 aliphatic carbocycles. The average molecular weight is 412 g/mol. The van der Waals surface area contributed by atoms with Crippen LogP contribution >= 0.6 is 0 Å². The number of hydrogen-bond donors (Lipinski definition) is 3. The van der Waals surface area contributed by atoms with Crippen LogP contribution < -0.4 is 30.3 Å². The highest BCUT2D eigenvalue weighted by Crippen LogP contribution is 2.33. The van der Waals surface area contributed by atoms with E-state index < -0.39 is 6.03 Å². The Morgan fingerprint density at radius 2 is 1.70 bits per heavy atom. The molecule has 0 radical (unpaired) electrons. The molecule has 9 nitrogen and oxygen atoms in total. The normalized spacial score (nSPS) is 15.5. The summed E-state index contributed by atoms with van der Waals surface area (Å²) in [5, 5.41) is 8.19. The lowest BCUT2D eigenvalue weighted by atomic mass is 10.2. The van der Waals surface area contributed by atoms with E-state index >= 15 is 0 Å². The van der Waals surface area contributed by atoms with Gasteiger partial charge in [0.2, 0.25) is 11.8 Å². The van der Waals surface area contributed by atoms with E-state index in [4.69, 9.17) is 9.47 Å². The molecule has 1 fully saturated rings. The minimum Gasteiger partial charge on any atom is -0.493 e. The lowest BCUT2D eigenvalue weighted by Crippen LogP contribution is -2.39. The zero-order valence-electron chi connectivity index (χ0n) is 17.0. The maximum atomic E-state index is 12.5. The number of anilines is 3. The smallest absolute Gasteiger partial charge is 0.319 e. The molecule has 1 saturated heterocycles. The van der Waals surface area contributed by atoms with Crippen molar-refractivity contribution >= 4 is 34.9 Å². The summed E-state index contributed by atoms with van der Waals surface area (Å²) in [6, 6.07) is 11.3. The average Bonchev–Trinajstić information content (AvgIpc) is 3.06. The Morgan fingerprint density at radius 3 is 2.37 bits per heavy atom. The minimum atomic E-state index is -0.429. The van der Waals surface area contributed by atoms with Gasteiger partial charge >= 0.3 is 6.03 Å². The van der Waals surface area contributed by atoms with Crippen LogP contribution in [-0.2, 0) is 9.59 Å². The van der Waals surface area contributed by atoms with E-state index in [2.05, 4.69) is 16.0 Å². The zero-order chi connectivity index (χ0) is 21.7. The first-order valence-corrected chi connectivity index (χ1v) is 9.37. The van der Waals surface area contributed by atoms with E-state index in [0.29, 0.717) is 35.1 Å². The fourth-order valence-corrected chi connectivity index (χ4v) is 3.28. The highest BCUT2D eigenvalue weighted by molar-refractivity contribution is 5.98. The molecule has 1 heterocycles. The van der Waals surface area contributed by atoms with E-state index in [0.717, 1.165) is 0 Å². The topological polar surface area (TPSA) is 109 Å². The molecule has 1 aliphatic rings. The number of urea groups is 1. The van der Waals surface area contributed by atoms with E-state index in [-0.39, 0.29) is 24.3 Å². The Morgan fingerprint density at radius 1 is 1.00 bits per heavy atom. The molecule has 2 aromatic rings. The first kappa shape index (κ1) is 21.0. The van der Waals surface area contributed by atoms with E-state index in [9.17, 15) is 14.4 Å². The van der Waals surface area contributed by atoms with Crippen LogP contribution in [0.5, 0.6) is 11.5 Å². The fourth-order valence-electron chi connectivity index (χ4n) is 3.28. The first-order chi connectivity index (χ1) is 14.4. The summed E-state index contributed by atoms with van der Waals surface area (Å²) in [4.78, 5) is 37.6. The summed E-state index contributed by atoms with van der Waals surface area (Å²) in [6.07, 6.45) is 0.188. The molecule has 1 aliphatic heterocycles. The molecule has 30 heavy (non-hydrogen) atoms. The summed E-state index contributed by atoms with van der Waals surface area (Å²) in [7, 11) is 3.08. The number of nitrogens with one attached hydrogen (secondary N) is 3. The van der Waals surface area contributed by atoms with Gasteiger partial charge in [-0.2, -0.15) is 0 Å². The SMILES string of the molecule is COc1ccc(N2C[C@H](NC(=O)Nc3cccc(NC(C)=O)c3)CC2=O)cc1OC. The van der Waals surface area contributed by atoms with Crippen molar-refractivity contribution in [1.82, 2.24) is 5.32 Å². The van der Waals surface area contributed by atoms with E-state index in [1.807, 2.05) is 0 Å². The molecule has 1 atom stereocenters. The summed E-state index contributed by atoms with van der Waals surface area (Å²) < 4.78 is 10.5. The van der Waals surface area contributed by atoms with Crippen LogP contribution in [0.3, 0.4) is 0 Å². The number of methoxy groups -OCH3 is 2. The second-order valence-electron chi connectivity index (χ2n) is 6.81. The third kappa shape index (κ3) is 4.99. The minimum absolute atomic E-state index is 0.0971. The number of amides is 4. The Kier molecular flexibility index (Phi) is 6.41. The van der Waals surface area contributed by atoms with Gasteiger partial charge in [-0.25, -0.2) is 4.79 Å². The monoisotopic (exact) mass is 412 g/mol. The zero-order valence-corrected chi connectivity index (χ0v) is 17.0. The second kappa shape index (κ2) is 9.17. The van der Waals surface area contributed by atoms with Gasteiger partial charge in [0.15, 0.2) is 11.5 Å². The number of benzene rings is 2. The van der Waals surface area contributed by atoms with Crippen molar-refractivity contribution in [1.29, 1.82) is 0 Å². The number of ether oxygens (including phenoxy) is 2. The van der Waals surface area contributed by atoms with Crippen LogP contribution in [0, 0.1) is 0 Å². The lowest BCUT2D eigenvalue weighted by molar-refractivity contribution is -0.117. The Labute approximate surface area is 174 Å². The van der Waals surface area contributed by atoms with Crippen molar-refractivity contribution in [3.8, 4) is 11.5 Å². The second-order valence-corrected chi connectivity index (χ2v) is 6.81. The Bertz CT molecular complexity index is 962. The van der Waals surface area contributed by atoms with Crippen LogP contribution in [0.1, 0.15) is 13.3 Å². The fraction of sp³-hybridized carbons (Fsp3) is 0.286. The van der Waals surface area contributed by atoms with Gasteiger partial charge in [-0.05, 0) is 30.3 Å². The van der Waals surface area contributed by atoms with Crippen molar-refractivity contribution in [3.05, 3.63) is 42.5 Å².